The van der Waals surface area contributed by atoms with Gasteiger partial charge in [-0.05, 0) is 43.0 Å². The normalized spacial score (nSPS) is 13.3. The Morgan fingerprint density at radius 2 is 1.74 bits per heavy atom. The lowest BCUT2D eigenvalue weighted by Crippen LogP contribution is -2.59. The molecule has 0 bridgehead atoms. The molecule has 9 heteroatoms. The molecule has 2 unspecified atom stereocenters. The predicted molar refractivity (Wildman–Crippen MR) is 135 cm³/mol. The molecule has 0 spiro atoms. The minimum Gasteiger partial charge on any atom is -0.361 e. The highest BCUT2D eigenvalue weighted by molar-refractivity contribution is 5.92. The number of hydrogen-bond donors (Lipinski definition) is 6. The molecule has 0 radical (unpaired) electrons. The summed E-state index contributed by atoms with van der Waals surface area (Å²) in [5.74, 6) is -0.884. The number of aromatic amines is 2. The van der Waals surface area contributed by atoms with E-state index in [0.29, 0.717) is 12.8 Å². The number of amides is 3. The quantitative estimate of drug-likeness (QED) is 0.154. The molecule has 9 nitrogen and oxygen atoms in total. The van der Waals surface area contributed by atoms with Crippen molar-refractivity contribution in [3.8, 4) is 0 Å². The molecule has 2 atom stereocenters. The zero-order valence-electron chi connectivity index (χ0n) is 19.7. The summed E-state index contributed by atoms with van der Waals surface area (Å²) < 4.78 is 0. The first-order valence-electron chi connectivity index (χ1n) is 11.5. The molecular formula is C26H30N6O3. The number of para-hydroxylation sites is 2. The molecule has 4 aromatic rings. The van der Waals surface area contributed by atoms with Crippen LogP contribution in [0.1, 0.15) is 25.1 Å². The van der Waals surface area contributed by atoms with Crippen LogP contribution in [0, 0.1) is 0 Å². The van der Waals surface area contributed by atoms with Crippen LogP contribution >= 0.6 is 0 Å². The first kappa shape index (κ1) is 24.0. The van der Waals surface area contributed by atoms with Crippen LogP contribution in [-0.4, -0.2) is 45.9 Å². The van der Waals surface area contributed by atoms with Gasteiger partial charge in [0.25, 0.3) is 0 Å². The third kappa shape index (κ3) is 5.70. The van der Waals surface area contributed by atoms with Crippen LogP contribution in [0.4, 0.5) is 0 Å². The first-order valence-corrected chi connectivity index (χ1v) is 11.5. The number of H-pyrrole nitrogens is 2. The largest absolute Gasteiger partial charge is 0.361 e. The van der Waals surface area contributed by atoms with E-state index in [1.807, 2.05) is 60.8 Å². The number of carbonyl (C=O) groups is 3. The Morgan fingerprint density at radius 3 is 2.46 bits per heavy atom. The van der Waals surface area contributed by atoms with Crippen molar-refractivity contribution in [2.75, 3.05) is 0 Å². The van der Waals surface area contributed by atoms with Crippen LogP contribution in [-0.2, 0) is 27.2 Å². The van der Waals surface area contributed by atoms with Gasteiger partial charge in [0.15, 0.2) is 0 Å². The van der Waals surface area contributed by atoms with Crippen LogP contribution in [0.3, 0.4) is 0 Å². The topological polar surface area (TPSA) is 145 Å². The summed E-state index contributed by atoms with van der Waals surface area (Å²) in [6.45, 7) is 3.15. The Kier molecular flexibility index (Phi) is 6.88. The summed E-state index contributed by atoms with van der Waals surface area (Å²) in [5.41, 5.74) is 8.43. The van der Waals surface area contributed by atoms with E-state index in [0.717, 1.165) is 33.1 Å². The molecule has 0 aliphatic heterocycles. The molecule has 3 amide bonds. The highest BCUT2D eigenvalue weighted by Crippen LogP contribution is 2.19. The Balaban J connectivity index is 1.54. The molecule has 182 valence electrons. The zero-order chi connectivity index (χ0) is 25.0. The molecule has 0 aliphatic rings. The summed E-state index contributed by atoms with van der Waals surface area (Å²) in [7, 11) is 0. The van der Waals surface area contributed by atoms with Gasteiger partial charge in [-0.2, -0.15) is 0 Å². The second-order valence-electron chi connectivity index (χ2n) is 9.24. The van der Waals surface area contributed by atoms with Crippen LogP contribution < -0.4 is 21.7 Å². The summed E-state index contributed by atoms with van der Waals surface area (Å²) in [6.07, 6.45) is 2.32. The molecule has 2 aromatic heterocycles. The number of fused-ring (bicyclic) bond motifs is 2. The van der Waals surface area contributed by atoms with E-state index in [9.17, 15) is 14.4 Å². The van der Waals surface area contributed by atoms with E-state index in [-0.39, 0.29) is 6.42 Å². The van der Waals surface area contributed by atoms with Crippen molar-refractivity contribution in [2.24, 2.45) is 5.73 Å². The second-order valence-corrected chi connectivity index (χ2v) is 9.24. The number of nitrogens with one attached hydrogen (secondary N) is 5. The fourth-order valence-electron chi connectivity index (χ4n) is 4.04. The molecule has 7 N–H and O–H groups in total. The molecule has 2 aromatic carbocycles. The van der Waals surface area contributed by atoms with E-state index in [1.165, 1.54) is 0 Å². The Hall–Kier alpha value is -4.11. The Bertz CT molecular complexity index is 1320. The van der Waals surface area contributed by atoms with E-state index >= 15 is 0 Å². The van der Waals surface area contributed by atoms with Gasteiger partial charge in [-0.3, -0.25) is 14.4 Å². The Morgan fingerprint density at radius 1 is 1.03 bits per heavy atom. The lowest BCUT2D eigenvalue weighted by molar-refractivity contribution is -0.131. The van der Waals surface area contributed by atoms with Gasteiger partial charge >= 0.3 is 0 Å². The van der Waals surface area contributed by atoms with Crippen molar-refractivity contribution in [1.29, 1.82) is 0 Å². The molecule has 4 rings (SSSR count). The second kappa shape index (κ2) is 10.0. The lowest BCUT2D eigenvalue weighted by Gasteiger charge is -2.26. The van der Waals surface area contributed by atoms with E-state index in [2.05, 4.69) is 25.9 Å². The van der Waals surface area contributed by atoms with E-state index < -0.39 is 29.6 Å². The third-order valence-corrected chi connectivity index (χ3v) is 5.90. The number of nitrogens with two attached hydrogens (primary N) is 1. The van der Waals surface area contributed by atoms with Crippen LogP contribution in [0.2, 0.25) is 0 Å². The van der Waals surface area contributed by atoms with Gasteiger partial charge in [-0.1, -0.05) is 36.4 Å². The van der Waals surface area contributed by atoms with Gasteiger partial charge in [0.2, 0.25) is 18.2 Å². The SMILES string of the molecule is CC(C)(N)C(=O)NC(Cc1cc2ccccc2[nH]1)C(=O)NC(Cc1c[nH]c2ccccc12)NC=O. The average molecular weight is 475 g/mol. The van der Waals surface area contributed by atoms with Gasteiger partial charge < -0.3 is 31.7 Å². The highest BCUT2D eigenvalue weighted by Gasteiger charge is 2.29. The molecular weight excluding hydrogens is 444 g/mol. The van der Waals surface area contributed by atoms with Crippen molar-refractivity contribution in [1.82, 2.24) is 25.9 Å². The van der Waals surface area contributed by atoms with Gasteiger partial charge in [0.1, 0.15) is 12.2 Å². The molecule has 0 saturated carbocycles. The van der Waals surface area contributed by atoms with E-state index in [1.54, 1.807) is 13.8 Å². The van der Waals surface area contributed by atoms with Crippen LogP contribution in [0.25, 0.3) is 21.8 Å². The highest BCUT2D eigenvalue weighted by atomic mass is 16.2. The average Bonchev–Trinajstić information content (AvgIpc) is 3.41. The number of benzene rings is 2. The zero-order valence-corrected chi connectivity index (χ0v) is 19.7. The monoisotopic (exact) mass is 474 g/mol. The van der Waals surface area contributed by atoms with Gasteiger partial charge in [0.05, 0.1) is 5.54 Å². The summed E-state index contributed by atoms with van der Waals surface area (Å²) in [4.78, 5) is 43.8. The van der Waals surface area contributed by atoms with Gasteiger partial charge in [-0.15, -0.1) is 0 Å². The van der Waals surface area contributed by atoms with Crippen LogP contribution in [0.5, 0.6) is 0 Å². The fourth-order valence-corrected chi connectivity index (χ4v) is 4.04. The fraction of sp³-hybridized carbons (Fsp3) is 0.269. The molecule has 2 heterocycles. The first-order chi connectivity index (χ1) is 16.7. The lowest BCUT2D eigenvalue weighted by atomic mass is 10.0. The van der Waals surface area contributed by atoms with Gasteiger partial charge in [-0.25, -0.2) is 0 Å². The Labute approximate surface area is 202 Å². The molecule has 35 heavy (non-hydrogen) atoms. The summed E-state index contributed by atoms with van der Waals surface area (Å²) in [6, 6.07) is 16.6. The number of carbonyl (C=O) groups excluding carboxylic acids is 3. The number of hydrogen-bond acceptors (Lipinski definition) is 4. The minimum absolute atomic E-state index is 0.225. The maximum Gasteiger partial charge on any atom is 0.244 e. The number of aromatic nitrogens is 2. The van der Waals surface area contributed by atoms with Crippen molar-refractivity contribution in [3.05, 3.63) is 72.1 Å². The molecule has 0 aliphatic carbocycles. The standard InChI is InChI=1S/C26H30N6O3/c1-26(2,27)25(35)31-22(13-18-11-16-7-3-5-9-20(16)30-18)24(34)32-23(29-15-33)12-17-14-28-21-10-6-4-8-19(17)21/h3-11,14-15,22-23,28,30H,12-13,27H2,1-2H3,(H,29,33)(H,31,35)(H,32,34). The maximum atomic E-state index is 13.4. The summed E-state index contributed by atoms with van der Waals surface area (Å²) in [5, 5.41) is 10.3. The molecule has 0 saturated heterocycles. The third-order valence-electron chi connectivity index (χ3n) is 5.90. The summed E-state index contributed by atoms with van der Waals surface area (Å²) >= 11 is 0. The van der Waals surface area contributed by atoms with Crippen molar-refractivity contribution < 1.29 is 14.4 Å². The van der Waals surface area contributed by atoms with Gasteiger partial charge in [0, 0.05) is 41.2 Å². The van der Waals surface area contributed by atoms with Crippen molar-refractivity contribution in [3.63, 3.8) is 0 Å². The smallest absolute Gasteiger partial charge is 0.244 e. The van der Waals surface area contributed by atoms with Crippen molar-refractivity contribution >= 4 is 40.0 Å². The van der Waals surface area contributed by atoms with E-state index in [4.69, 9.17) is 5.73 Å². The predicted octanol–water partition coefficient (Wildman–Crippen LogP) is 1.84. The van der Waals surface area contributed by atoms with Crippen LogP contribution in [0.15, 0.2) is 60.8 Å². The minimum atomic E-state index is -1.16. The molecule has 0 fully saturated rings. The van der Waals surface area contributed by atoms with Crippen molar-refractivity contribution in [2.45, 2.75) is 44.4 Å². The number of rotatable bonds is 10. The maximum absolute atomic E-state index is 13.4.